The van der Waals surface area contributed by atoms with E-state index in [1.54, 1.807) is 6.07 Å². The molecule has 22 heavy (non-hydrogen) atoms. The van der Waals surface area contributed by atoms with Gasteiger partial charge >= 0.3 is 0 Å². The Balaban J connectivity index is 1.56. The monoisotopic (exact) mass is 301 g/mol. The van der Waals surface area contributed by atoms with Crippen molar-refractivity contribution in [2.75, 3.05) is 24.6 Å². The number of nitrogens with zero attached hydrogens (tertiary/aromatic N) is 3. The second-order valence-electron chi connectivity index (χ2n) is 6.32. The third-order valence-corrected chi connectivity index (χ3v) is 4.54. The molecule has 1 aliphatic carbocycles. The van der Waals surface area contributed by atoms with Crippen LogP contribution in [-0.4, -0.2) is 35.8 Å². The third kappa shape index (κ3) is 2.77. The van der Waals surface area contributed by atoms with Gasteiger partial charge in [-0.25, -0.2) is 14.4 Å². The van der Waals surface area contributed by atoms with Gasteiger partial charge in [0, 0.05) is 25.1 Å². The van der Waals surface area contributed by atoms with Crippen molar-refractivity contribution < 1.29 is 9.13 Å². The van der Waals surface area contributed by atoms with Crippen LogP contribution in [-0.2, 0) is 4.74 Å². The molecule has 4 nitrogen and oxygen atoms in total. The molecule has 1 atom stereocenters. The molecule has 0 bridgehead atoms. The molecule has 1 unspecified atom stereocenters. The van der Waals surface area contributed by atoms with Crippen molar-refractivity contribution in [1.82, 2.24) is 9.97 Å². The molecule has 116 valence electrons. The van der Waals surface area contributed by atoms with Crippen LogP contribution in [0.25, 0.3) is 10.9 Å². The minimum Gasteiger partial charge on any atom is -0.376 e. The maximum absolute atomic E-state index is 13.9. The van der Waals surface area contributed by atoms with Crippen molar-refractivity contribution in [2.24, 2.45) is 5.92 Å². The van der Waals surface area contributed by atoms with Crippen LogP contribution < -0.4 is 4.90 Å². The zero-order valence-electron chi connectivity index (χ0n) is 12.5. The second kappa shape index (κ2) is 5.80. The number of ether oxygens (including phenoxy) is 1. The minimum absolute atomic E-state index is 0.257. The predicted octanol–water partition coefficient (Wildman–Crippen LogP) is 3.16. The summed E-state index contributed by atoms with van der Waals surface area (Å²) in [6, 6.07) is 5.05. The van der Waals surface area contributed by atoms with Crippen molar-refractivity contribution in [3.8, 4) is 0 Å². The first-order valence-electron chi connectivity index (χ1n) is 8.07. The summed E-state index contributed by atoms with van der Waals surface area (Å²) in [6.07, 6.45) is 6.51. The quantitative estimate of drug-likeness (QED) is 0.869. The van der Waals surface area contributed by atoms with Crippen molar-refractivity contribution in [3.63, 3.8) is 0 Å². The molecule has 5 heteroatoms. The molecule has 2 aliphatic rings. The van der Waals surface area contributed by atoms with Crippen molar-refractivity contribution in [3.05, 3.63) is 30.3 Å². The lowest BCUT2D eigenvalue weighted by Crippen LogP contribution is -2.40. The molecule has 0 radical (unpaired) electrons. The fourth-order valence-electron chi connectivity index (χ4n) is 3.11. The molecule has 1 aromatic heterocycles. The van der Waals surface area contributed by atoms with Gasteiger partial charge in [0.15, 0.2) is 0 Å². The third-order valence-electron chi connectivity index (χ3n) is 4.54. The van der Waals surface area contributed by atoms with E-state index < -0.39 is 0 Å². The lowest BCUT2D eigenvalue weighted by molar-refractivity contribution is 0.0368. The zero-order chi connectivity index (χ0) is 14.9. The maximum Gasteiger partial charge on any atom is 0.149 e. The average Bonchev–Trinajstić information content (AvgIpc) is 3.38. The highest BCUT2D eigenvalue weighted by atomic mass is 19.1. The number of piperidine rings is 1. The molecule has 1 aromatic carbocycles. The Morgan fingerprint density at radius 1 is 1.23 bits per heavy atom. The molecular weight excluding hydrogens is 281 g/mol. The van der Waals surface area contributed by atoms with Crippen LogP contribution in [0, 0.1) is 11.7 Å². The number of benzene rings is 1. The first-order valence-corrected chi connectivity index (χ1v) is 8.07. The number of halogens is 1. The van der Waals surface area contributed by atoms with Gasteiger partial charge in [0.05, 0.1) is 6.10 Å². The Labute approximate surface area is 129 Å². The fraction of sp³-hybridized carbons (Fsp3) is 0.529. The highest BCUT2D eigenvalue weighted by Crippen LogP contribution is 2.31. The van der Waals surface area contributed by atoms with Crippen molar-refractivity contribution in [2.45, 2.75) is 31.8 Å². The van der Waals surface area contributed by atoms with E-state index in [0.717, 1.165) is 49.7 Å². The average molecular weight is 301 g/mol. The smallest absolute Gasteiger partial charge is 0.149 e. The Bertz CT molecular complexity index is 674. The Kier molecular flexibility index (Phi) is 3.66. The van der Waals surface area contributed by atoms with Gasteiger partial charge in [-0.1, -0.05) is 6.07 Å². The van der Waals surface area contributed by atoms with Crippen LogP contribution in [0.4, 0.5) is 10.2 Å². The zero-order valence-corrected chi connectivity index (χ0v) is 12.5. The minimum atomic E-state index is -0.292. The number of rotatable bonds is 4. The summed E-state index contributed by atoms with van der Waals surface area (Å²) in [6.45, 7) is 2.65. The molecule has 4 rings (SSSR count). The summed E-state index contributed by atoms with van der Waals surface area (Å²) in [5, 5.41) is 0.783. The number of anilines is 1. The van der Waals surface area contributed by atoms with E-state index in [4.69, 9.17) is 4.74 Å². The molecule has 1 saturated heterocycles. The summed E-state index contributed by atoms with van der Waals surface area (Å²) >= 11 is 0. The van der Waals surface area contributed by atoms with Crippen molar-refractivity contribution >= 4 is 16.7 Å². The molecular formula is C17H20FN3O. The normalized spacial score (nSPS) is 22.2. The highest BCUT2D eigenvalue weighted by Gasteiger charge is 2.27. The highest BCUT2D eigenvalue weighted by molar-refractivity contribution is 5.89. The van der Waals surface area contributed by atoms with Crippen LogP contribution in [0.5, 0.6) is 0 Å². The number of aromatic nitrogens is 2. The number of hydrogen-bond acceptors (Lipinski definition) is 4. The molecule has 0 N–H and O–H groups in total. The van der Waals surface area contributed by atoms with Crippen LogP contribution in [0.1, 0.15) is 25.7 Å². The molecule has 2 heterocycles. The molecule has 2 fully saturated rings. The van der Waals surface area contributed by atoms with E-state index in [1.807, 2.05) is 6.07 Å². The second-order valence-corrected chi connectivity index (χ2v) is 6.32. The molecule has 2 aromatic rings. The molecule has 1 aliphatic heterocycles. The first kappa shape index (κ1) is 13.9. The van der Waals surface area contributed by atoms with Gasteiger partial charge in [-0.2, -0.15) is 0 Å². The largest absolute Gasteiger partial charge is 0.376 e. The summed E-state index contributed by atoms with van der Waals surface area (Å²) in [5.41, 5.74) is 0.397. The van der Waals surface area contributed by atoms with Gasteiger partial charge < -0.3 is 9.64 Å². The van der Waals surface area contributed by atoms with E-state index >= 15 is 0 Å². The van der Waals surface area contributed by atoms with Crippen LogP contribution in [0.2, 0.25) is 0 Å². The van der Waals surface area contributed by atoms with Crippen LogP contribution in [0.3, 0.4) is 0 Å². The van der Waals surface area contributed by atoms with E-state index in [9.17, 15) is 4.39 Å². The summed E-state index contributed by atoms with van der Waals surface area (Å²) < 4.78 is 19.9. The summed E-state index contributed by atoms with van der Waals surface area (Å²) in [4.78, 5) is 10.7. The number of fused-ring (bicyclic) bond motifs is 1. The lowest BCUT2D eigenvalue weighted by atomic mass is 10.1. The molecule has 0 amide bonds. The SMILES string of the molecule is Fc1cccc2c(N3CCCC(OCC4CC4)C3)ncnc12. The Morgan fingerprint density at radius 2 is 2.14 bits per heavy atom. The standard InChI is InChI=1S/C17H20FN3O/c18-15-5-1-4-14-16(15)19-11-20-17(14)21-8-2-3-13(9-21)22-10-12-6-7-12/h1,4-5,11-13H,2-3,6-10H2. The van der Waals surface area contributed by atoms with E-state index in [2.05, 4.69) is 14.9 Å². The van der Waals surface area contributed by atoms with Gasteiger partial charge in [-0.15, -0.1) is 0 Å². The summed E-state index contributed by atoms with van der Waals surface area (Å²) in [5.74, 6) is 1.31. The van der Waals surface area contributed by atoms with Crippen molar-refractivity contribution in [1.29, 1.82) is 0 Å². The predicted molar refractivity (Wildman–Crippen MR) is 83.4 cm³/mol. The topological polar surface area (TPSA) is 38.2 Å². The van der Waals surface area contributed by atoms with Gasteiger partial charge in [-0.3, -0.25) is 0 Å². The van der Waals surface area contributed by atoms with Crippen LogP contribution >= 0.6 is 0 Å². The van der Waals surface area contributed by atoms with E-state index in [1.165, 1.54) is 25.2 Å². The van der Waals surface area contributed by atoms with Gasteiger partial charge in [0.1, 0.15) is 23.5 Å². The first-order chi connectivity index (χ1) is 10.8. The van der Waals surface area contributed by atoms with Gasteiger partial charge in [-0.05, 0) is 43.7 Å². The Morgan fingerprint density at radius 3 is 3.00 bits per heavy atom. The molecule has 0 spiro atoms. The summed E-state index contributed by atoms with van der Waals surface area (Å²) in [7, 11) is 0. The van der Waals surface area contributed by atoms with E-state index in [0.29, 0.717) is 5.52 Å². The van der Waals surface area contributed by atoms with Crippen LogP contribution in [0.15, 0.2) is 24.5 Å². The lowest BCUT2D eigenvalue weighted by Gasteiger charge is -2.34. The van der Waals surface area contributed by atoms with Gasteiger partial charge in [0.2, 0.25) is 0 Å². The molecule has 1 saturated carbocycles. The fourth-order valence-corrected chi connectivity index (χ4v) is 3.11. The van der Waals surface area contributed by atoms with Gasteiger partial charge in [0.25, 0.3) is 0 Å². The van der Waals surface area contributed by atoms with E-state index in [-0.39, 0.29) is 11.9 Å². The number of para-hydroxylation sites is 1. The Hall–Kier alpha value is -1.75. The number of hydrogen-bond donors (Lipinski definition) is 0. The maximum atomic E-state index is 13.9.